The monoisotopic (exact) mass is 278 g/mol. The minimum atomic E-state index is 0.0236. The van der Waals surface area contributed by atoms with Gasteiger partial charge in [0.1, 0.15) is 0 Å². The lowest BCUT2D eigenvalue weighted by molar-refractivity contribution is -0.118. The van der Waals surface area contributed by atoms with Crippen LogP contribution >= 0.6 is 11.8 Å². The third kappa shape index (κ3) is 6.27. The van der Waals surface area contributed by atoms with Gasteiger partial charge in [-0.15, -0.1) is 11.8 Å². The molecule has 0 unspecified atom stereocenters. The Balaban J connectivity index is 2.23. The minimum absolute atomic E-state index is 0.0236. The summed E-state index contributed by atoms with van der Waals surface area (Å²) in [5.74, 6) is 1.11. The quantitative estimate of drug-likeness (QED) is 0.738. The van der Waals surface area contributed by atoms with Crippen molar-refractivity contribution in [2.75, 3.05) is 26.0 Å². The van der Waals surface area contributed by atoms with Crippen LogP contribution in [-0.2, 0) is 15.3 Å². The maximum Gasteiger partial charge on any atom is 0.230 e. The van der Waals surface area contributed by atoms with Gasteiger partial charge in [-0.05, 0) is 18.1 Å². The first kappa shape index (κ1) is 15.5. The molecule has 0 fully saturated rings. The Morgan fingerprint density at radius 1 is 1.47 bits per heavy atom. The van der Waals surface area contributed by atoms with Crippen molar-refractivity contribution in [3.05, 3.63) is 35.4 Å². The predicted molar refractivity (Wildman–Crippen MR) is 76.8 cm³/mol. The predicted octanol–water partition coefficient (Wildman–Crippen LogP) is 1.94. The molecule has 1 rings (SSSR count). The van der Waals surface area contributed by atoms with Gasteiger partial charge in [-0.25, -0.2) is 0 Å². The van der Waals surface area contributed by atoms with Crippen molar-refractivity contribution in [3.63, 3.8) is 0 Å². The summed E-state index contributed by atoms with van der Waals surface area (Å²) in [7, 11) is 1.64. The number of thioether (sulfide) groups is 1. The molecule has 1 aromatic carbocycles. The van der Waals surface area contributed by atoms with E-state index < -0.39 is 0 Å². The molecular weight excluding hydrogens is 260 g/mol. The van der Waals surface area contributed by atoms with Gasteiger partial charge in [-0.1, -0.05) is 18.2 Å². The molecule has 1 aromatic rings. The number of carbonyl (C=O) groups is 1. The third-order valence-electron chi connectivity index (χ3n) is 2.48. The topological polar surface area (TPSA) is 62.1 Å². The second kappa shape index (κ2) is 9.42. The lowest BCUT2D eigenvalue weighted by Crippen LogP contribution is -2.26. The summed E-state index contributed by atoms with van der Waals surface area (Å²) in [5, 5.41) is 11.8. The summed E-state index contributed by atoms with van der Waals surface area (Å²) in [6.07, 6.45) is 0.824. The van der Waals surface area contributed by atoms with Crippen LogP contribution in [0.1, 0.15) is 17.5 Å². The molecule has 102 valence electrons. The molecule has 0 bridgehead atoms. The summed E-state index contributed by atoms with van der Waals surface area (Å²) < 4.78 is 4.90. The molecule has 0 aliphatic carbocycles. The highest BCUT2D eigenvalue weighted by atomic mass is 32.2. The van der Waals surface area contributed by atoms with Crippen LogP contribution in [0.25, 0.3) is 0 Å². The molecule has 0 saturated carbocycles. The molecule has 1 N–H and O–H groups in total. The number of nitrogens with one attached hydrogen (secondary N) is 1. The molecule has 0 atom stereocenters. The number of rotatable bonds is 8. The first-order chi connectivity index (χ1) is 9.27. The summed E-state index contributed by atoms with van der Waals surface area (Å²) in [6.45, 7) is 1.30. The molecule has 1 amide bonds. The largest absolute Gasteiger partial charge is 0.385 e. The number of benzene rings is 1. The molecule has 0 radical (unpaired) electrons. The van der Waals surface area contributed by atoms with Crippen LogP contribution in [0, 0.1) is 11.3 Å². The Hall–Kier alpha value is -1.51. The van der Waals surface area contributed by atoms with E-state index >= 15 is 0 Å². The van der Waals surface area contributed by atoms with Crippen LogP contribution in [0.15, 0.2) is 24.3 Å². The van der Waals surface area contributed by atoms with Crippen molar-refractivity contribution in [1.82, 2.24) is 5.32 Å². The van der Waals surface area contributed by atoms with Crippen molar-refractivity contribution in [3.8, 4) is 6.07 Å². The third-order valence-corrected chi connectivity index (χ3v) is 3.46. The van der Waals surface area contributed by atoms with E-state index in [9.17, 15) is 4.79 Å². The molecule has 0 aliphatic heterocycles. The Morgan fingerprint density at radius 2 is 2.26 bits per heavy atom. The van der Waals surface area contributed by atoms with Gasteiger partial charge in [-0.2, -0.15) is 5.26 Å². The van der Waals surface area contributed by atoms with E-state index in [0.29, 0.717) is 30.2 Å². The molecule has 0 aliphatic rings. The average Bonchev–Trinajstić information content (AvgIpc) is 2.44. The smallest absolute Gasteiger partial charge is 0.230 e. The molecule has 0 heterocycles. The second-order valence-corrected chi connectivity index (χ2v) is 4.94. The Bertz CT molecular complexity index is 443. The van der Waals surface area contributed by atoms with E-state index in [1.54, 1.807) is 13.2 Å². The molecule has 5 heteroatoms. The van der Waals surface area contributed by atoms with Crippen molar-refractivity contribution in [2.24, 2.45) is 0 Å². The van der Waals surface area contributed by atoms with Gasteiger partial charge in [0, 0.05) is 26.0 Å². The number of nitrogens with zero attached hydrogens (tertiary/aromatic N) is 1. The fourth-order valence-electron chi connectivity index (χ4n) is 1.50. The Morgan fingerprint density at radius 3 is 3.00 bits per heavy atom. The van der Waals surface area contributed by atoms with Crippen LogP contribution in [0.5, 0.6) is 0 Å². The lowest BCUT2D eigenvalue weighted by atomic mass is 10.1. The van der Waals surface area contributed by atoms with E-state index in [1.165, 1.54) is 11.8 Å². The fraction of sp³-hybridized carbons (Fsp3) is 0.429. The number of hydrogen-bond acceptors (Lipinski definition) is 4. The van der Waals surface area contributed by atoms with Gasteiger partial charge < -0.3 is 10.1 Å². The van der Waals surface area contributed by atoms with Gasteiger partial charge >= 0.3 is 0 Å². The SMILES string of the molecule is COCCCNC(=O)CSCc1ccccc1C#N. The van der Waals surface area contributed by atoms with Crippen molar-refractivity contribution in [1.29, 1.82) is 5.26 Å². The van der Waals surface area contributed by atoms with Crippen molar-refractivity contribution < 1.29 is 9.53 Å². The average molecular weight is 278 g/mol. The highest BCUT2D eigenvalue weighted by molar-refractivity contribution is 7.99. The maximum absolute atomic E-state index is 11.5. The second-order valence-electron chi connectivity index (χ2n) is 3.96. The Kier molecular flexibility index (Phi) is 7.71. The molecule has 0 saturated heterocycles. The van der Waals surface area contributed by atoms with Crippen LogP contribution in [0.2, 0.25) is 0 Å². The number of ether oxygens (including phenoxy) is 1. The summed E-state index contributed by atoms with van der Waals surface area (Å²) >= 11 is 1.51. The zero-order valence-electron chi connectivity index (χ0n) is 11.0. The van der Waals surface area contributed by atoms with Gasteiger partial charge in [0.05, 0.1) is 17.4 Å². The molecule has 0 spiro atoms. The molecule has 19 heavy (non-hydrogen) atoms. The van der Waals surface area contributed by atoms with E-state index in [1.807, 2.05) is 18.2 Å². The van der Waals surface area contributed by atoms with E-state index in [0.717, 1.165) is 12.0 Å². The first-order valence-corrected chi connectivity index (χ1v) is 7.24. The van der Waals surface area contributed by atoms with Crippen LogP contribution in [0.4, 0.5) is 0 Å². The number of amides is 1. The minimum Gasteiger partial charge on any atom is -0.385 e. The van der Waals surface area contributed by atoms with E-state index in [2.05, 4.69) is 11.4 Å². The van der Waals surface area contributed by atoms with Gasteiger partial charge in [0.25, 0.3) is 0 Å². The zero-order chi connectivity index (χ0) is 13.9. The first-order valence-electron chi connectivity index (χ1n) is 6.09. The zero-order valence-corrected chi connectivity index (χ0v) is 11.8. The summed E-state index contributed by atoms with van der Waals surface area (Å²) in [5.41, 5.74) is 1.65. The van der Waals surface area contributed by atoms with Gasteiger partial charge in [0.2, 0.25) is 5.91 Å². The van der Waals surface area contributed by atoms with Crippen LogP contribution < -0.4 is 5.32 Å². The van der Waals surface area contributed by atoms with Gasteiger partial charge in [0.15, 0.2) is 0 Å². The summed E-state index contributed by atoms with van der Waals surface area (Å²) in [4.78, 5) is 11.5. The highest BCUT2D eigenvalue weighted by Crippen LogP contribution is 2.15. The number of hydrogen-bond donors (Lipinski definition) is 1. The molecule has 0 aromatic heterocycles. The van der Waals surface area contributed by atoms with Crippen LogP contribution in [0.3, 0.4) is 0 Å². The molecule has 4 nitrogen and oxygen atoms in total. The lowest BCUT2D eigenvalue weighted by Gasteiger charge is -2.05. The van der Waals surface area contributed by atoms with Gasteiger partial charge in [-0.3, -0.25) is 4.79 Å². The van der Waals surface area contributed by atoms with E-state index in [4.69, 9.17) is 10.00 Å². The van der Waals surface area contributed by atoms with Crippen molar-refractivity contribution >= 4 is 17.7 Å². The van der Waals surface area contributed by atoms with Crippen LogP contribution in [-0.4, -0.2) is 31.9 Å². The summed E-state index contributed by atoms with van der Waals surface area (Å²) in [6, 6.07) is 9.61. The van der Waals surface area contributed by atoms with E-state index in [-0.39, 0.29) is 5.91 Å². The number of carbonyl (C=O) groups excluding carboxylic acids is 1. The Labute approximate surface area is 118 Å². The standard InChI is InChI=1S/C14H18N2O2S/c1-18-8-4-7-16-14(17)11-19-10-13-6-3-2-5-12(13)9-15/h2-3,5-6H,4,7-8,10-11H2,1H3,(H,16,17). The fourth-order valence-corrected chi connectivity index (χ4v) is 2.37. The maximum atomic E-state index is 11.5. The number of nitriles is 1. The molecular formula is C14H18N2O2S. The number of methoxy groups -OCH3 is 1. The highest BCUT2D eigenvalue weighted by Gasteiger charge is 2.04. The van der Waals surface area contributed by atoms with Crippen molar-refractivity contribution in [2.45, 2.75) is 12.2 Å². The normalized spacial score (nSPS) is 9.89.